The number of amidine groups is 1. The minimum Gasteiger partial charge on any atom is -0.353 e. The molecule has 0 atom stereocenters. The number of anilines is 1. The van der Waals surface area contributed by atoms with Crippen molar-refractivity contribution < 1.29 is 0 Å². The second kappa shape index (κ2) is 5.43. The summed E-state index contributed by atoms with van der Waals surface area (Å²) < 4.78 is 0. The lowest BCUT2D eigenvalue weighted by Gasteiger charge is -2.09. The van der Waals surface area contributed by atoms with E-state index in [4.69, 9.17) is 18.1 Å². The van der Waals surface area contributed by atoms with Crippen molar-refractivity contribution in [2.45, 2.75) is 6.92 Å². The van der Waals surface area contributed by atoms with Gasteiger partial charge in [0.2, 0.25) is 0 Å². The predicted molar refractivity (Wildman–Crippen MR) is 68.2 cm³/mol. The molecular formula is C10H14N4S. The first-order chi connectivity index (χ1) is 7.22. The summed E-state index contributed by atoms with van der Waals surface area (Å²) >= 11 is 4.72. The number of rotatable bonds is 3. The van der Waals surface area contributed by atoms with Crippen molar-refractivity contribution in [3.05, 3.63) is 29.3 Å². The average molecular weight is 222 g/mol. The van der Waals surface area contributed by atoms with Crippen molar-refractivity contribution in [3.63, 3.8) is 0 Å². The van der Waals surface area contributed by atoms with Crippen molar-refractivity contribution in [2.75, 3.05) is 12.4 Å². The number of nitrogens with zero attached hydrogens (tertiary/aromatic N) is 1. The van der Waals surface area contributed by atoms with Gasteiger partial charge in [0.15, 0.2) is 0 Å². The molecule has 0 bridgehead atoms. The summed E-state index contributed by atoms with van der Waals surface area (Å²) in [6.45, 7) is 1.99. The molecule has 0 amide bonds. The standard InChI is InChI=1S/C10H14N4S/c1-7-5-8(13-6-15)3-4-9(7)10(12-2)14-11/h3-6H,11H2,1-2H3,(H,12,14)(H,13,15). The summed E-state index contributed by atoms with van der Waals surface area (Å²) in [5, 5.41) is 2.95. The Hall–Kier alpha value is -1.46. The van der Waals surface area contributed by atoms with Gasteiger partial charge < -0.3 is 10.7 Å². The zero-order chi connectivity index (χ0) is 11.3. The number of hydrazine groups is 1. The van der Waals surface area contributed by atoms with Gasteiger partial charge in [-0.15, -0.1) is 0 Å². The number of nitrogens with one attached hydrogen (secondary N) is 2. The Bertz CT molecular complexity index is 387. The minimum absolute atomic E-state index is 0.668. The summed E-state index contributed by atoms with van der Waals surface area (Å²) in [6.07, 6.45) is 0. The minimum atomic E-state index is 0.668. The zero-order valence-corrected chi connectivity index (χ0v) is 9.56. The van der Waals surface area contributed by atoms with Crippen LogP contribution in [0.5, 0.6) is 0 Å². The summed E-state index contributed by atoms with van der Waals surface area (Å²) in [4.78, 5) is 4.05. The summed E-state index contributed by atoms with van der Waals surface area (Å²) in [5.41, 5.74) is 7.06. The molecule has 1 aromatic rings. The molecular weight excluding hydrogens is 208 g/mol. The van der Waals surface area contributed by atoms with Crippen LogP contribution in [-0.4, -0.2) is 18.4 Å². The lowest BCUT2D eigenvalue weighted by Crippen LogP contribution is -2.31. The van der Waals surface area contributed by atoms with E-state index in [0.29, 0.717) is 5.84 Å². The Morgan fingerprint density at radius 1 is 1.53 bits per heavy atom. The number of aryl methyl sites for hydroxylation is 1. The molecule has 4 nitrogen and oxygen atoms in total. The van der Waals surface area contributed by atoms with Crippen LogP contribution in [0.1, 0.15) is 11.1 Å². The lowest BCUT2D eigenvalue weighted by atomic mass is 10.1. The highest BCUT2D eigenvalue weighted by atomic mass is 32.1. The predicted octanol–water partition coefficient (Wildman–Crippen LogP) is 1.20. The van der Waals surface area contributed by atoms with Gasteiger partial charge in [-0.3, -0.25) is 4.99 Å². The molecule has 80 valence electrons. The highest BCUT2D eigenvalue weighted by Gasteiger charge is 2.04. The van der Waals surface area contributed by atoms with E-state index in [9.17, 15) is 0 Å². The van der Waals surface area contributed by atoms with E-state index >= 15 is 0 Å². The fraction of sp³-hybridized carbons (Fsp3) is 0.200. The molecule has 0 fully saturated rings. The van der Waals surface area contributed by atoms with Crippen LogP contribution >= 0.6 is 12.2 Å². The molecule has 1 aromatic carbocycles. The van der Waals surface area contributed by atoms with Gasteiger partial charge in [-0.05, 0) is 30.7 Å². The monoisotopic (exact) mass is 222 g/mol. The second-order valence-electron chi connectivity index (χ2n) is 3.01. The van der Waals surface area contributed by atoms with Gasteiger partial charge in [0.1, 0.15) is 5.84 Å². The molecule has 0 aliphatic heterocycles. The average Bonchev–Trinajstić information content (AvgIpc) is 2.23. The van der Waals surface area contributed by atoms with Gasteiger partial charge in [0, 0.05) is 18.3 Å². The largest absolute Gasteiger partial charge is 0.353 e. The third kappa shape index (κ3) is 2.74. The van der Waals surface area contributed by atoms with Gasteiger partial charge in [0.05, 0.1) is 5.49 Å². The highest BCUT2D eigenvalue weighted by molar-refractivity contribution is 7.79. The molecule has 0 saturated carbocycles. The molecule has 0 unspecified atom stereocenters. The molecule has 15 heavy (non-hydrogen) atoms. The van der Waals surface area contributed by atoms with Crippen LogP contribution < -0.4 is 16.6 Å². The van der Waals surface area contributed by atoms with Gasteiger partial charge in [0.25, 0.3) is 0 Å². The molecule has 0 aliphatic rings. The van der Waals surface area contributed by atoms with Crippen LogP contribution in [-0.2, 0) is 0 Å². The van der Waals surface area contributed by atoms with E-state index < -0.39 is 0 Å². The first-order valence-electron chi connectivity index (χ1n) is 4.47. The molecule has 4 N–H and O–H groups in total. The molecule has 0 aliphatic carbocycles. The van der Waals surface area contributed by atoms with Crippen molar-refractivity contribution in [2.24, 2.45) is 10.8 Å². The quantitative estimate of drug-likeness (QED) is 0.236. The fourth-order valence-electron chi connectivity index (χ4n) is 1.35. The molecule has 0 saturated heterocycles. The van der Waals surface area contributed by atoms with Gasteiger partial charge in [-0.1, -0.05) is 12.2 Å². The first-order valence-corrected chi connectivity index (χ1v) is 4.94. The number of aliphatic imine (C=N–C) groups is 1. The Kier molecular flexibility index (Phi) is 4.20. The van der Waals surface area contributed by atoms with Crippen LogP contribution in [0.15, 0.2) is 23.2 Å². The number of benzene rings is 1. The Labute approximate surface area is 94.6 Å². The SMILES string of the molecule is CN=C(NN)c1ccc(NC=S)cc1C. The Balaban J connectivity index is 3.07. The van der Waals surface area contributed by atoms with Gasteiger partial charge in [-0.2, -0.15) is 0 Å². The number of hydrogen-bond acceptors (Lipinski definition) is 3. The second-order valence-corrected chi connectivity index (χ2v) is 3.24. The zero-order valence-electron chi connectivity index (χ0n) is 8.74. The highest BCUT2D eigenvalue weighted by Crippen LogP contribution is 2.14. The lowest BCUT2D eigenvalue weighted by molar-refractivity contribution is 1.02. The van der Waals surface area contributed by atoms with Crippen LogP contribution in [0, 0.1) is 6.92 Å². The van der Waals surface area contributed by atoms with Gasteiger partial charge in [-0.25, -0.2) is 5.84 Å². The molecule has 5 heteroatoms. The molecule has 1 rings (SSSR count). The van der Waals surface area contributed by atoms with E-state index in [1.807, 2.05) is 25.1 Å². The van der Waals surface area contributed by atoms with E-state index in [-0.39, 0.29) is 0 Å². The van der Waals surface area contributed by atoms with E-state index in [2.05, 4.69) is 15.7 Å². The third-order valence-electron chi connectivity index (χ3n) is 2.07. The van der Waals surface area contributed by atoms with Crippen LogP contribution in [0.25, 0.3) is 0 Å². The van der Waals surface area contributed by atoms with Crippen molar-refractivity contribution in [1.82, 2.24) is 5.43 Å². The molecule has 0 aromatic heterocycles. The maximum atomic E-state index is 5.36. The summed E-state index contributed by atoms with van der Waals surface area (Å²) in [7, 11) is 1.69. The fourth-order valence-corrected chi connectivity index (χ4v) is 1.49. The van der Waals surface area contributed by atoms with Crippen molar-refractivity contribution in [3.8, 4) is 0 Å². The van der Waals surface area contributed by atoms with Gasteiger partial charge >= 0.3 is 0 Å². The summed E-state index contributed by atoms with van der Waals surface area (Å²) in [5.74, 6) is 6.03. The van der Waals surface area contributed by atoms with Crippen molar-refractivity contribution in [1.29, 1.82) is 0 Å². The number of nitrogens with two attached hydrogens (primary N) is 1. The van der Waals surface area contributed by atoms with Crippen LogP contribution in [0.3, 0.4) is 0 Å². The maximum Gasteiger partial charge on any atom is 0.142 e. The van der Waals surface area contributed by atoms with E-state index in [0.717, 1.165) is 16.8 Å². The first kappa shape index (κ1) is 11.6. The Morgan fingerprint density at radius 3 is 2.73 bits per heavy atom. The van der Waals surface area contributed by atoms with Crippen LogP contribution in [0.2, 0.25) is 0 Å². The maximum absolute atomic E-state index is 5.36. The molecule has 0 spiro atoms. The normalized spacial score (nSPS) is 11.0. The number of hydrogen-bond donors (Lipinski definition) is 3. The topological polar surface area (TPSA) is 62.4 Å². The van der Waals surface area contributed by atoms with E-state index in [1.54, 1.807) is 7.05 Å². The molecule has 0 heterocycles. The number of thiocarbonyl (C=S) groups is 1. The van der Waals surface area contributed by atoms with Crippen molar-refractivity contribution >= 4 is 29.2 Å². The van der Waals surface area contributed by atoms with E-state index in [1.165, 1.54) is 5.49 Å². The third-order valence-corrected chi connectivity index (χ3v) is 2.19. The molecule has 0 radical (unpaired) electrons. The summed E-state index contributed by atoms with van der Waals surface area (Å²) in [6, 6.07) is 5.85. The smallest absolute Gasteiger partial charge is 0.142 e. The van der Waals surface area contributed by atoms with Crippen LogP contribution in [0.4, 0.5) is 5.69 Å². The Morgan fingerprint density at radius 2 is 2.27 bits per heavy atom.